The van der Waals surface area contributed by atoms with E-state index < -0.39 is 27.2 Å². The molecule has 4 rings (SSSR count). The number of aromatic nitrogens is 2. The maximum atomic E-state index is 13.8. The molecule has 2 aromatic carbocycles. The summed E-state index contributed by atoms with van der Waals surface area (Å²) in [4.78, 5) is 15.3. The van der Waals surface area contributed by atoms with Gasteiger partial charge in [0.1, 0.15) is 17.3 Å². The van der Waals surface area contributed by atoms with Crippen molar-refractivity contribution in [2.75, 3.05) is 37.7 Å². The average Bonchev–Trinajstić information content (AvgIpc) is 2.83. The summed E-state index contributed by atoms with van der Waals surface area (Å²) in [6.07, 6.45) is 1.41. The smallest absolute Gasteiger partial charge is 0.316 e. The quantitative estimate of drug-likeness (QED) is 0.355. The van der Waals surface area contributed by atoms with Crippen molar-refractivity contribution in [3.63, 3.8) is 0 Å². The molecule has 204 valence electrons. The van der Waals surface area contributed by atoms with E-state index in [0.717, 1.165) is 20.4 Å². The van der Waals surface area contributed by atoms with Crippen LogP contribution in [0.1, 0.15) is 26.3 Å². The minimum Gasteiger partial charge on any atom is -0.486 e. The molecule has 1 aliphatic rings. The van der Waals surface area contributed by atoms with Gasteiger partial charge in [-0.15, -0.1) is 0 Å². The topological polar surface area (TPSA) is 84.7 Å². The highest BCUT2D eigenvalue weighted by atomic mass is 127. The van der Waals surface area contributed by atoms with E-state index in [1.54, 1.807) is 12.1 Å². The average molecular weight is 659 g/mol. The summed E-state index contributed by atoms with van der Waals surface area (Å²) >= 11 is 2.17. The van der Waals surface area contributed by atoms with Gasteiger partial charge < -0.3 is 9.64 Å². The molecule has 0 bridgehead atoms. The van der Waals surface area contributed by atoms with E-state index in [1.165, 1.54) is 10.5 Å². The SMILES string of the molecule is CC(C)(C)COc1c(N2CCN(S(=O)(=O)Cc3ccc(I)cc3)CC2)cnn(-c2cc(F)cc(F)c2)c1=O. The Bertz CT molecular complexity index is 1450. The van der Waals surface area contributed by atoms with Crippen molar-refractivity contribution in [1.82, 2.24) is 14.1 Å². The van der Waals surface area contributed by atoms with Gasteiger partial charge in [-0.25, -0.2) is 17.2 Å². The number of sulfonamides is 1. The van der Waals surface area contributed by atoms with Crippen molar-refractivity contribution in [3.8, 4) is 11.4 Å². The molecule has 0 spiro atoms. The minimum absolute atomic E-state index is 0.00482. The Labute approximate surface area is 234 Å². The van der Waals surface area contributed by atoms with E-state index in [1.807, 2.05) is 37.8 Å². The highest BCUT2D eigenvalue weighted by Gasteiger charge is 2.30. The number of piperazine rings is 1. The molecule has 0 radical (unpaired) electrons. The number of nitrogens with zero attached hydrogens (tertiary/aromatic N) is 4. The Balaban J connectivity index is 1.58. The van der Waals surface area contributed by atoms with Crippen molar-refractivity contribution in [2.24, 2.45) is 5.41 Å². The summed E-state index contributed by atoms with van der Waals surface area (Å²) in [6, 6.07) is 10.1. The maximum Gasteiger partial charge on any atom is 0.316 e. The Morgan fingerprint density at radius 2 is 1.61 bits per heavy atom. The van der Waals surface area contributed by atoms with Crippen LogP contribution in [-0.2, 0) is 15.8 Å². The molecule has 2 heterocycles. The first-order chi connectivity index (χ1) is 17.8. The van der Waals surface area contributed by atoms with Crippen molar-refractivity contribution in [1.29, 1.82) is 0 Å². The monoisotopic (exact) mass is 658 g/mol. The second kappa shape index (κ2) is 11.3. The lowest BCUT2D eigenvalue weighted by Crippen LogP contribution is -2.49. The van der Waals surface area contributed by atoms with E-state index in [-0.39, 0.29) is 42.3 Å². The summed E-state index contributed by atoms with van der Waals surface area (Å²) in [6.45, 7) is 7.15. The second-order valence-corrected chi connectivity index (χ2v) is 13.5. The van der Waals surface area contributed by atoms with Crippen LogP contribution in [0, 0.1) is 20.6 Å². The number of benzene rings is 2. The summed E-state index contributed by atoms with van der Waals surface area (Å²) < 4.78 is 63.0. The zero-order valence-corrected chi connectivity index (χ0v) is 24.3. The molecule has 38 heavy (non-hydrogen) atoms. The van der Waals surface area contributed by atoms with E-state index in [0.29, 0.717) is 30.4 Å². The van der Waals surface area contributed by atoms with Crippen molar-refractivity contribution in [2.45, 2.75) is 26.5 Å². The Morgan fingerprint density at radius 1 is 1.00 bits per heavy atom. The summed E-state index contributed by atoms with van der Waals surface area (Å²) in [5.74, 6) is -1.77. The van der Waals surface area contributed by atoms with E-state index in [4.69, 9.17) is 4.74 Å². The molecule has 1 aliphatic heterocycles. The largest absolute Gasteiger partial charge is 0.486 e. The van der Waals surface area contributed by atoms with E-state index in [9.17, 15) is 22.0 Å². The summed E-state index contributed by atoms with van der Waals surface area (Å²) in [5.41, 5.74) is 0.122. The fourth-order valence-corrected chi connectivity index (χ4v) is 5.89. The third-order valence-corrected chi connectivity index (χ3v) is 8.46. The van der Waals surface area contributed by atoms with Crippen LogP contribution >= 0.6 is 22.6 Å². The van der Waals surface area contributed by atoms with Gasteiger partial charge in [0.25, 0.3) is 0 Å². The van der Waals surface area contributed by atoms with E-state index >= 15 is 0 Å². The van der Waals surface area contributed by atoms with Gasteiger partial charge in [-0.1, -0.05) is 32.9 Å². The normalized spacial score (nSPS) is 15.1. The Hall–Kier alpha value is -2.58. The molecule has 3 aromatic rings. The van der Waals surface area contributed by atoms with Crippen LogP contribution in [0.25, 0.3) is 5.69 Å². The molecule has 1 saturated heterocycles. The molecular weight excluding hydrogens is 629 g/mol. The van der Waals surface area contributed by atoms with Gasteiger partial charge in [-0.05, 0) is 57.8 Å². The lowest BCUT2D eigenvalue weighted by atomic mass is 9.99. The Kier molecular flexibility index (Phi) is 8.43. The molecule has 0 N–H and O–H groups in total. The van der Waals surface area contributed by atoms with Gasteiger partial charge in [0, 0.05) is 35.8 Å². The highest BCUT2D eigenvalue weighted by Crippen LogP contribution is 2.28. The fraction of sp³-hybridized carbons (Fsp3) is 0.385. The van der Waals surface area contributed by atoms with Crippen LogP contribution in [0.3, 0.4) is 0 Å². The summed E-state index contributed by atoms with van der Waals surface area (Å²) in [7, 11) is -3.53. The molecule has 0 aliphatic carbocycles. The van der Waals surface area contributed by atoms with Gasteiger partial charge in [0.15, 0.2) is 0 Å². The minimum atomic E-state index is -3.53. The zero-order chi connectivity index (χ0) is 27.7. The van der Waals surface area contributed by atoms with Crippen LogP contribution in [0.5, 0.6) is 5.75 Å². The first kappa shape index (κ1) is 28.4. The Morgan fingerprint density at radius 3 is 2.18 bits per heavy atom. The fourth-order valence-electron chi connectivity index (χ4n) is 4.01. The number of hydrogen-bond acceptors (Lipinski definition) is 6. The molecule has 1 aromatic heterocycles. The number of anilines is 1. The van der Waals surface area contributed by atoms with Crippen molar-refractivity contribution >= 4 is 38.3 Å². The van der Waals surface area contributed by atoms with E-state index in [2.05, 4.69) is 27.7 Å². The molecule has 0 amide bonds. The predicted octanol–water partition coefficient (Wildman–Crippen LogP) is 4.19. The molecule has 0 unspecified atom stereocenters. The van der Waals surface area contributed by atoms with Gasteiger partial charge in [-0.2, -0.15) is 14.1 Å². The number of ether oxygens (including phenoxy) is 1. The molecule has 0 saturated carbocycles. The predicted molar refractivity (Wildman–Crippen MR) is 150 cm³/mol. The van der Waals surface area contributed by atoms with Crippen LogP contribution in [0.4, 0.5) is 14.5 Å². The lowest BCUT2D eigenvalue weighted by molar-refractivity contribution is 0.195. The van der Waals surface area contributed by atoms with Crippen molar-refractivity contribution < 1.29 is 21.9 Å². The molecule has 0 atom stereocenters. The molecule has 12 heteroatoms. The third-order valence-electron chi connectivity index (χ3n) is 5.89. The number of rotatable bonds is 7. The maximum absolute atomic E-state index is 13.8. The van der Waals surface area contributed by atoms with Crippen LogP contribution in [0.2, 0.25) is 0 Å². The third kappa shape index (κ3) is 6.89. The molecule has 1 fully saturated rings. The van der Waals surface area contributed by atoms with Gasteiger partial charge in [0.2, 0.25) is 15.8 Å². The lowest BCUT2D eigenvalue weighted by Gasteiger charge is -2.36. The van der Waals surface area contributed by atoms with Gasteiger partial charge in [0.05, 0.1) is 24.2 Å². The second-order valence-electron chi connectivity index (χ2n) is 10.3. The molecular formula is C26H29F2IN4O4S. The standard InChI is InChI=1S/C26H29F2IN4O4S/c1-26(2,3)17-37-24-23(15-30-33(25(24)34)22-13-19(27)12-20(28)14-22)31-8-10-32(11-9-31)38(35,36)16-18-4-6-21(29)7-5-18/h4-7,12-15H,8-11,16-17H2,1-3H3. The van der Waals surface area contributed by atoms with Crippen LogP contribution in [0.15, 0.2) is 53.5 Å². The molecule has 8 nitrogen and oxygen atoms in total. The van der Waals surface area contributed by atoms with Gasteiger partial charge >= 0.3 is 5.56 Å². The number of hydrogen-bond donors (Lipinski definition) is 0. The first-order valence-corrected chi connectivity index (χ1v) is 14.7. The summed E-state index contributed by atoms with van der Waals surface area (Å²) in [5, 5.41) is 4.16. The first-order valence-electron chi connectivity index (χ1n) is 12.0. The highest BCUT2D eigenvalue weighted by molar-refractivity contribution is 14.1. The zero-order valence-electron chi connectivity index (χ0n) is 21.3. The van der Waals surface area contributed by atoms with Crippen LogP contribution < -0.4 is 15.2 Å². The van der Waals surface area contributed by atoms with Crippen molar-refractivity contribution in [3.05, 3.63) is 79.8 Å². The van der Waals surface area contributed by atoms with Crippen LogP contribution in [-0.4, -0.2) is 55.3 Å². The number of halogens is 3. The van der Waals surface area contributed by atoms with Gasteiger partial charge in [-0.3, -0.25) is 4.79 Å².